The van der Waals surface area contributed by atoms with Gasteiger partial charge in [0.15, 0.2) is 0 Å². The number of aliphatic hydroxyl groups is 1. The number of hydrogen-bond acceptors (Lipinski definition) is 3. The molecule has 1 aliphatic heterocycles. The van der Waals surface area contributed by atoms with Crippen LogP contribution in [-0.2, 0) is 0 Å². The van der Waals surface area contributed by atoms with E-state index < -0.39 is 5.60 Å². The highest BCUT2D eigenvalue weighted by atomic mass is 16.3. The molecule has 1 rings (SSSR count). The van der Waals surface area contributed by atoms with E-state index >= 15 is 0 Å². The minimum atomic E-state index is -0.427. The molecule has 0 unspecified atom stereocenters. The fraction of sp³-hybridized carbons (Fsp3) is 1.00. The molecule has 0 saturated carbocycles. The molecule has 1 heterocycles. The summed E-state index contributed by atoms with van der Waals surface area (Å²) in [4.78, 5) is 4.83. The van der Waals surface area contributed by atoms with Crippen LogP contribution in [-0.4, -0.2) is 60.3 Å². The minimum absolute atomic E-state index is 0.427. The number of likely N-dealkylation sites (N-methyl/N-ethyl adjacent to an activating group) is 1. The maximum absolute atomic E-state index is 10.2. The van der Waals surface area contributed by atoms with E-state index in [1.54, 1.807) is 0 Å². The van der Waals surface area contributed by atoms with Crippen LogP contribution < -0.4 is 0 Å². The van der Waals surface area contributed by atoms with Gasteiger partial charge in [-0.3, -0.25) is 0 Å². The van der Waals surface area contributed by atoms with Crippen molar-refractivity contribution in [1.29, 1.82) is 0 Å². The molecule has 0 aromatic carbocycles. The lowest BCUT2D eigenvalue weighted by Gasteiger charge is -2.35. The van der Waals surface area contributed by atoms with E-state index in [0.29, 0.717) is 0 Å². The van der Waals surface area contributed by atoms with Gasteiger partial charge >= 0.3 is 0 Å². The molecule has 15 heavy (non-hydrogen) atoms. The quantitative estimate of drug-likeness (QED) is 0.744. The second-order valence-electron chi connectivity index (χ2n) is 4.83. The summed E-state index contributed by atoms with van der Waals surface area (Å²) in [5.41, 5.74) is -0.427. The molecule has 0 radical (unpaired) electrons. The first-order valence-electron chi connectivity index (χ1n) is 6.23. The topological polar surface area (TPSA) is 26.7 Å². The number of hydrogen-bond donors (Lipinski definition) is 1. The third-order valence-corrected chi connectivity index (χ3v) is 3.81. The third kappa shape index (κ3) is 4.09. The molecule has 0 aromatic rings. The molecule has 3 heteroatoms. The Morgan fingerprint density at radius 2 is 1.60 bits per heavy atom. The zero-order valence-electron chi connectivity index (χ0n) is 10.5. The normalized spacial score (nSPS) is 20.8. The van der Waals surface area contributed by atoms with Crippen molar-refractivity contribution in [2.75, 3.05) is 39.8 Å². The molecular weight excluding hydrogens is 188 g/mol. The summed E-state index contributed by atoms with van der Waals surface area (Å²) in [6, 6.07) is 0. The van der Waals surface area contributed by atoms with E-state index in [0.717, 1.165) is 52.0 Å². The van der Waals surface area contributed by atoms with Crippen LogP contribution in [0.5, 0.6) is 0 Å². The molecule has 0 bridgehead atoms. The Balaban J connectivity index is 2.24. The Kier molecular flexibility index (Phi) is 5.03. The Morgan fingerprint density at radius 3 is 2.07 bits per heavy atom. The highest BCUT2D eigenvalue weighted by Gasteiger charge is 2.23. The van der Waals surface area contributed by atoms with Crippen LogP contribution >= 0.6 is 0 Å². The van der Waals surface area contributed by atoms with Gasteiger partial charge in [-0.1, -0.05) is 13.8 Å². The average molecular weight is 214 g/mol. The van der Waals surface area contributed by atoms with Crippen molar-refractivity contribution in [2.24, 2.45) is 0 Å². The molecule has 1 N–H and O–H groups in total. The molecule has 0 aromatic heterocycles. The van der Waals surface area contributed by atoms with Gasteiger partial charge in [0, 0.05) is 32.7 Å². The van der Waals surface area contributed by atoms with Gasteiger partial charge in [-0.2, -0.15) is 0 Å². The van der Waals surface area contributed by atoms with E-state index in [2.05, 4.69) is 30.7 Å². The lowest BCUT2D eigenvalue weighted by Crippen LogP contribution is -2.46. The molecule has 1 saturated heterocycles. The smallest absolute Gasteiger partial charge is 0.0654 e. The summed E-state index contributed by atoms with van der Waals surface area (Å²) in [5, 5.41) is 10.2. The third-order valence-electron chi connectivity index (χ3n) is 3.81. The first-order chi connectivity index (χ1) is 7.09. The molecule has 1 aliphatic rings. The molecule has 0 amide bonds. The fourth-order valence-electron chi connectivity index (χ4n) is 2.04. The van der Waals surface area contributed by atoms with E-state index in [1.165, 1.54) is 0 Å². The number of nitrogens with zero attached hydrogens (tertiary/aromatic N) is 2. The van der Waals surface area contributed by atoms with Gasteiger partial charge in [0.1, 0.15) is 0 Å². The molecule has 0 spiro atoms. The van der Waals surface area contributed by atoms with Crippen LogP contribution in [0.2, 0.25) is 0 Å². The molecule has 3 nitrogen and oxygen atoms in total. The second kappa shape index (κ2) is 5.83. The fourth-order valence-corrected chi connectivity index (χ4v) is 2.04. The van der Waals surface area contributed by atoms with Crippen molar-refractivity contribution in [3.63, 3.8) is 0 Å². The predicted octanol–water partition coefficient (Wildman–Crippen LogP) is 1.18. The second-order valence-corrected chi connectivity index (χ2v) is 4.83. The van der Waals surface area contributed by atoms with Crippen molar-refractivity contribution in [3.8, 4) is 0 Å². The summed E-state index contributed by atoms with van der Waals surface area (Å²) in [5.74, 6) is 0. The van der Waals surface area contributed by atoms with Crippen LogP contribution in [0.4, 0.5) is 0 Å². The summed E-state index contributed by atoms with van der Waals surface area (Å²) >= 11 is 0. The Hall–Kier alpha value is -0.120. The predicted molar refractivity (Wildman–Crippen MR) is 64.1 cm³/mol. The van der Waals surface area contributed by atoms with Crippen LogP contribution in [0.1, 0.15) is 33.1 Å². The Morgan fingerprint density at radius 1 is 1.07 bits per heavy atom. The van der Waals surface area contributed by atoms with Crippen LogP contribution in [0.3, 0.4) is 0 Å². The summed E-state index contributed by atoms with van der Waals surface area (Å²) in [7, 11) is 2.17. The van der Waals surface area contributed by atoms with E-state index in [4.69, 9.17) is 0 Å². The molecular formula is C12H26N2O. The maximum Gasteiger partial charge on any atom is 0.0654 e. The lowest BCUT2D eigenvalue weighted by atomic mass is 9.93. The molecule has 0 atom stereocenters. The first kappa shape index (κ1) is 12.9. The van der Waals surface area contributed by atoms with E-state index in [1.807, 2.05) is 0 Å². The average Bonchev–Trinajstić information content (AvgIpc) is 2.28. The van der Waals surface area contributed by atoms with Gasteiger partial charge < -0.3 is 14.9 Å². The van der Waals surface area contributed by atoms with Crippen LogP contribution in [0.25, 0.3) is 0 Å². The lowest BCUT2D eigenvalue weighted by molar-refractivity contribution is 0.00986. The zero-order chi connectivity index (χ0) is 11.3. The first-order valence-corrected chi connectivity index (χ1v) is 6.23. The van der Waals surface area contributed by atoms with Gasteiger partial charge in [-0.15, -0.1) is 0 Å². The minimum Gasteiger partial charge on any atom is -0.390 e. The van der Waals surface area contributed by atoms with Gasteiger partial charge in [0.25, 0.3) is 0 Å². The summed E-state index contributed by atoms with van der Waals surface area (Å²) < 4.78 is 0. The standard InChI is InChI=1S/C12H26N2O/c1-4-12(15,5-2)6-7-14-10-8-13(3)9-11-14/h15H,4-11H2,1-3H3. The zero-order valence-corrected chi connectivity index (χ0v) is 10.5. The largest absolute Gasteiger partial charge is 0.390 e. The van der Waals surface area contributed by atoms with Crippen molar-refractivity contribution in [1.82, 2.24) is 9.80 Å². The molecule has 0 aliphatic carbocycles. The summed E-state index contributed by atoms with van der Waals surface area (Å²) in [6.45, 7) is 9.83. The van der Waals surface area contributed by atoms with Crippen LogP contribution in [0, 0.1) is 0 Å². The summed E-state index contributed by atoms with van der Waals surface area (Å²) in [6.07, 6.45) is 2.66. The monoisotopic (exact) mass is 214 g/mol. The SMILES string of the molecule is CCC(O)(CC)CCN1CCN(C)CC1. The highest BCUT2D eigenvalue weighted by Crippen LogP contribution is 2.19. The number of piperazine rings is 1. The Labute approximate surface area is 94.1 Å². The molecule has 1 fully saturated rings. The number of rotatable bonds is 5. The maximum atomic E-state index is 10.2. The van der Waals surface area contributed by atoms with Gasteiger partial charge in [0.05, 0.1) is 5.60 Å². The van der Waals surface area contributed by atoms with Crippen molar-refractivity contribution in [2.45, 2.75) is 38.7 Å². The van der Waals surface area contributed by atoms with Gasteiger partial charge in [-0.05, 0) is 26.3 Å². The van der Waals surface area contributed by atoms with E-state index in [-0.39, 0.29) is 0 Å². The molecule has 90 valence electrons. The van der Waals surface area contributed by atoms with Crippen molar-refractivity contribution < 1.29 is 5.11 Å². The van der Waals surface area contributed by atoms with Gasteiger partial charge in [0.2, 0.25) is 0 Å². The van der Waals surface area contributed by atoms with E-state index in [9.17, 15) is 5.11 Å². The van der Waals surface area contributed by atoms with Crippen molar-refractivity contribution in [3.05, 3.63) is 0 Å². The van der Waals surface area contributed by atoms with Crippen LogP contribution in [0.15, 0.2) is 0 Å². The van der Waals surface area contributed by atoms with Gasteiger partial charge in [-0.25, -0.2) is 0 Å². The highest BCUT2D eigenvalue weighted by molar-refractivity contribution is 4.78. The van der Waals surface area contributed by atoms with Crippen molar-refractivity contribution >= 4 is 0 Å². The Bertz CT molecular complexity index is 172.